The number of nitrogens with zero attached hydrogens (tertiary/aromatic N) is 3. The van der Waals surface area contributed by atoms with Crippen molar-refractivity contribution < 1.29 is 17.6 Å². The Balaban J connectivity index is 2.12. The second kappa shape index (κ2) is 6.67. The number of hydrogen-bond donors (Lipinski definition) is 0. The molecule has 0 saturated carbocycles. The van der Waals surface area contributed by atoms with E-state index < -0.39 is 16.1 Å². The Kier molecular flexibility index (Phi) is 5.13. The summed E-state index contributed by atoms with van der Waals surface area (Å²) in [5.41, 5.74) is 1.22. The van der Waals surface area contributed by atoms with Gasteiger partial charge in [-0.1, -0.05) is 19.4 Å². The number of morpholine rings is 1. The number of aromatic nitrogens is 2. The fourth-order valence-corrected chi connectivity index (χ4v) is 2.95. The lowest BCUT2D eigenvalue weighted by atomic mass is 10.1. The van der Waals surface area contributed by atoms with Gasteiger partial charge in [0.2, 0.25) is 21.8 Å². The molecule has 7 nitrogen and oxygen atoms in total. The van der Waals surface area contributed by atoms with Gasteiger partial charge in [0.15, 0.2) is 0 Å². The van der Waals surface area contributed by atoms with Crippen LogP contribution in [0.5, 0.6) is 0 Å². The molecule has 1 unspecified atom stereocenters. The first-order chi connectivity index (χ1) is 9.94. The molecule has 1 atom stereocenters. The standard InChI is InChI=1S/C13H21N3O4S/c1-4-10(5-2)8-12-14-15-13(20-12)11-9-16(6-7-19-11)21(3,17)18/h8,11H,4-7,9H2,1-3H3. The molecule has 0 amide bonds. The van der Waals surface area contributed by atoms with Gasteiger partial charge in [0, 0.05) is 19.2 Å². The van der Waals surface area contributed by atoms with Crippen molar-refractivity contribution in [3.05, 3.63) is 17.4 Å². The van der Waals surface area contributed by atoms with Gasteiger partial charge in [0.25, 0.3) is 0 Å². The minimum Gasteiger partial charge on any atom is -0.418 e. The number of rotatable bonds is 5. The third-order valence-corrected chi connectivity index (χ3v) is 4.74. The molecular formula is C13H21N3O4S. The van der Waals surface area contributed by atoms with Crippen molar-refractivity contribution in [2.45, 2.75) is 32.8 Å². The van der Waals surface area contributed by atoms with E-state index in [0.29, 0.717) is 24.9 Å². The lowest BCUT2D eigenvalue weighted by Gasteiger charge is -2.29. The summed E-state index contributed by atoms with van der Waals surface area (Å²) in [5.74, 6) is 0.755. The normalized spacial score (nSPS) is 20.4. The van der Waals surface area contributed by atoms with Gasteiger partial charge in [-0.15, -0.1) is 10.2 Å². The molecule has 1 aromatic rings. The summed E-state index contributed by atoms with van der Waals surface area (Å²) in [6.07, 6.45) is 4.40. The van der Waals surface area contributed by atoms with E-state index >= 15 is 0 Å². The Labute approximate surface area is 125 Å². The SMILES string of the molecule is CCC(=Cc1nnc(C2CN(S(C)(=O)=O)CCO2)o1)CC. The summed E-state index contributed by atoms with van der Waals surface area (Å²) in [5, 5.41) is 7.94. The van der Waals surface area contributed by atoms with E-state index in [1.807, 2.05) is 6.08 Å². The number of hydrogen-bond acceptors (Lipinski definition) is 6. The number of sulfonamides is 1. The van der Waals surface area contributed by atoms with E-state index in [1.54, 1.807) is 0 Å². The van der Waals surface area contributed by atoms with Crippen LogP contribution in [0, 0.1) is 0 Å². The minimum absolute atomic E-state index is 0.207. The Morgan fingerprint density at radius 1 is 1.38 bits per heavy atom. The van der Waals surface area contributed by atoms with Gasteiger partial charge in [0.05, 0.1) is 12.9 Å². The highest BCUT2D eigenvalue weighted by atomic mass is 32.2. The van der Waals surface area contributed by atoms with Gasteiger partial charge >= 0.3 is 0 Å². The third kappa shape index (κ3) is 4.12. The Bertz CT molecular complexity index is 603. The molecule has 21 heavy (non-hydrogen) atoms. The average molecular weight is 315 g/mol. The molecular weight excluding hydrogens is 294 g/mol. The highest BCUT2D eigenvalue weighted by Gasteiger charge is 2.30. The molecule has 2 heterocycles. The highest BCUT2D eigenvalue weighted by Crippen LogP contribution is 2.23. The largest absolute Gasteiger partial charge is 0.418 e. The molecule has 1 aliphatic rings. The molecule has 0 radical (unpaired) electrons. The van der Waals surface area contributed by atoms with Crippen LogP contribution in [-0.2, 0) is 14.8 Å². The van der Waals surface area contributed by atoms with Crippen LogP contribution in [0.4, 0.5) is 0 Å². The Morgan fingerprint density at radius 2 is 2.10 bits per heavy atom. The van der Waals surface area contributed by atoms with Crippen LogP contribution in [0.15, 0.2) is 9.99 Å². The maximum absolute atomic E-state index is 11.6. The van der Waals surface area contributed by atoms with Crippen LogP contribution >= 0.6 is 0 Å². The number of ether oxygens (including phenoxy) is 1. The zero-order chi connectivity index (χ0) is 15.5. The molecule has 0 bridgehead atoms. The first kappa shape index (κ1) is 16.1. The quantitative estimate of drug-likeness (QED) is 0.820. The first-order valence-corrected chi connectivity index (χ1v) is 8.88. The molecule has 1 fully saturated rings. The lowest BCUT2D eigenvalue weighted by molar-refractivity contribution is -0.0172. The summed E-state index contributed by atoms with van der Waals surface area (Å²) < 4.78 is 35.6. The fourth-order valence-electron chi connectivity index (χ4n) is 2.14. The van der Waals surface area contributed by atoms with E-state index in [1.165, 1.54) is 16.1 Å². The molecule has 0 aliphatic carbocycles. The molecule has 0 N–H and O–H groups in total. The van der Waals surface area contributed by atoms with Gasteiger partial charge in [-0.05, 0) is 12.8 Å². The fraction of sp³-hybridized carbons (Fsp3) is 0.692. The molecule has 1 aliphatic heterocycles. The van der Waals surface area contributed by atoms with Crippen LogP contribution in [0.2, 0.25) is 0 Å². The monoisotopic (exact) mass is 315 g/mol. The topological polar surface area (TPSA) is 85.5 Å². The maximum Gasteiger partial charge on any atom is 0.246 e. The van der Waals surface area contributed by atoms with E-state index in [-0.39, 0.29) is 6.54 Å². The third-order valence-electron chi connectivity index (χ3n) is 3.47. The van der Waals surface area contributed by atoms with Crippen molar-refractivity contribution >= 4 is 16.1 Å². The van der Waals surface area contributed by atoms with E-state index in [2.05, 4.69) is 24.0 Å². The van der Waals surface area contributed by atoms with Gasteiger partial charge in [-0.25, -0.2) is 8.42 Å². The summed E-state index contributed by atoms with van der Waals surface area (Å²) in [6.45, 7) is 5.02. The number of allylic oxidation sites excluding steroid dienone is 1. The molecule has 0 aromatic carbocycles. The summed E-state index contributed by atoms with van der Waals surface area (Å²) in [6, 6.07) is 0. The predicted octanol–water partition coefficient (Wildman–Crippen LogP) is 1.61. The molecule has 2 rings (SSSR count). The van der Waals surface area contributed by atoms with Gasteiger partial charge in [-0.3, -0.25) is 0 Å². The van der Waals surface area contributed by atoms with E-state index in [4.69, 9.17) is 9.15 Å². The summed E-state index contributed by atoms with van der Waals surface area (Å²) in [4.78, 5) is 0. The van der Waals surface area contributed by atoms with Gasteiger partial charge in [-0.2, -0.15) is 4.31 Å². The zero-order valence-electron chi connectivity index (χ0n) is 12.6. The van der Waals surface area contributed by atoms with Crippen molar-refractivity contribution in [3.63, 3.8) is 0 Å². The Morgan fingerprint density at radius 3 is 2.71 bits per heavy atom. The zero-order valence-corrected chi connectivity index (χ0v) is 13.4. The Hall–Kier alpha value is -1.25. The van der Waals surface area contributed by atoms with Crippen LogP contribution < -0.4 is 0 Å². The van der Waals surface area contributed by atoms with Crippen LogP contribution in [0.3, 0.4) is 0 Å². The molecule has 118 valence electrons. The van der Waals surface area contributed by atoms with Crippen molar-refractivity contribution in [1.29, 1.82) is 0 Å². The van der Waals surface area contributed by atoms with E-state index in [9.17, 15) is 8.42 Å². The van der Waals surface area contributed by atoms with Gasteiger partial charge in [0.1, 0.15) is 6.10 Å². The van der Waals surface area contributed by atoms with Crippen LogP contribution in [-0.4, -0.2) is 48.9 Å². The molecule has 0 spiro atoms. The summed E-state index contributed by atoms with van der Waals surface area (Å²) >= 11 is 0. The minimum atomic E-state index is -3.24. The van der Waals surface area contributed by atoms with Crippen molar-refractivity contribution in [2.24, 2.45) is 0 Å². The predicted molar refractivity (Wildman–Crippen MR) is 78.0 cm³/mol. The second-order valence-electron chi connectivity index (χ2n) is 4.97. The molecule has 1 aromatic heterocycles. The van der Waals surface area contributed by atoms with Crippen LogP contribution in [0.25, 0.3) is 6.08 Å². The van der Waals surface area contributed by atoms with Crippen molar-refractivity contribution in [3.8, 4) is 0 Å². The van der Waals surface area contributed by atoms with Crippen LogP contribution in [0.1, 0.15) is 44.6 Å². The summed E-state index contributed by atoms with van der Waals surface area (Å²) in [7, 11) is -3.24. The maximum atomic E-state index is 11.6. The van der Waals surface area contributed by atoms with Gasteiger partial charge < -0.3 is 9.15 Å². The van der Waals surface area contributed by atoms with E-state index in [0.717, 1.165) is 12.8 Å². The molecule has 8 heteroatoms. The first-order valence-electron chi connectivity index (χ1n) is 7.03. The highest BCUT2D eigenvalue weighted by molar-refractivity contribution is 7.88. The average Bonchev–Trinajstić information content (AvgIpc) is 2.92. The van der Waals surface area contributed by atoms with Crippen molar-refractivity contribution in [1.82, 2.24) is 14.5 Å². The second-order valence-corrected chi connectivity index (χ2v) is 6.95. The lowest BCUT2D eigenvalue weighted by Crippen LogP contribution is -2.41. The smallest absolute Gasteiger partial charge is 0.246 e. The molecule has 1 saturated heterocycles. The van der Waals surface area contributed by atoms with Crippen molar-refractivity contribution in [2.75, 3.05) is 26.0 Å².